The Morgan fingerprint density at radius 1 is 1.17 bits per heavy atom. The molecule has 1 heterocycles. The maximum Gasteiger partial charge on any atom is 0.313 e. The molecule has 0 spiro atoms. The SMILES string of the molecule is Cc1ccc(Nc2nc(SCC(=O)O)c3ccccc3n2)c(C)c1. The third kappa shape index (κ3) is 3.65. The first kappa shape index (κ1) is 16.3. The van der Waals surface area contributed by atoms with E-state index < -0.39 is 5.97 Å². The smallest absolute Gasteiger partial charge is 0.313 e. The van der Waals surface area contributed by atoms with Crippen LogP contribution in [0.2, 0.25) is 0 Å². The summed E-state index contributed by atoms with van der Waals surface area (Å²) < 4.78 is 0. The standard InChI is InChI=1S/C18H17N3O2S/c1-11-7-8-14(12(2)9-11)19-18-20-15-6-4-3-5-13(15)17(21-18)24-10-16(22)23/h3-9H,10H2,1-2H3,(H,22,23)(H,19,20,21). The van der Waals surface area contributed by atoms with Gasteiger partial charge in [0.15, 0.2) is 0 Å². The summed E-state index contributed by atoms with van der Waals surface area (Å²) in [5.74, 6) is -0.440. The molecule has 0 saturated heterocycles. The van der Waals surface area contributed by atoms with Crippen molar-refractivity contribution in [1.82, 2.24) is 9.97 Å². The van der Waals surface area contributed by atoms with Crippen LogP contribution >= 0.6 is 11.8 Å². The van der Waals surface area contributed by atoms with E-state index in [1.54, 1.807) is 0 Å². The number of carbonyl (C=O) groups is 1. The number of rotatable bonds is 5. The fourth-order valence-electron chi connectivity index (χ4n) is 2.42. The van der Waals surface area contributed by atoms with Gasteiger partial charge in [0.25, 0.3) is 0 Å². The van der Waals surface area contributed by atoms with Crippen molar-refractivity contribution in [3.05, 3.63) is 53.6 Å². The molecule has 5 nitrogen and oxygen atoms in total. The monoisotopic (exact) mass is 339 g/mol. The van der Waals surface area contributed by atoms with Crippen LogP contribution in [0.25, 0.3) is 10.9 Å². The largest absolute Gasteiger partial charge is 0.481 e. The Hall–Kier alpha value is -2.60. The van der Waals surface area contributed by atoms with Crippen LogP contribution in [0.3, 0.4) is 0 Å². The number of anilines is 2. The molecule has 0 bridgehead atoms. The Morgan fingerprint density at radius 3 is 2.71 bits per heavy atom. The van der Waals surface area contributed by atoms with E-state index in [4.69, 9.17) is 5.11 Å². The lowest BCUT2D eigenvalue weighted by Gasteiger charge is -2.11. The molecule has 0 amide bonds. The van der Waals surface area contributed by atoms with Crippen molar-refractivity contribution in [1.29, 1.82) is 0 Å². The van der Waals surface area contributed by atoms with Gasteiger partial charge in [-0.15, -0.1) is 0 Å². The molecular formula is C18H17N3O2S. The van der Waals surface area contributed by atoms with Gasteiger partial charge < -0.3 is 10.4 Å². The lowest BCUT2D eigenvalue weighted by molar-refractivity contribution is -0.133. The number of benzene rings is 2. The highest BCUT2D eigenvalue weighted by molar-refractivity contribution is 8.00. The molecule has 6 heteroatoms. The van der Waals surface area contributed by atoms with Crippen molar-refractivity contribution in [3.63, 3.8) is 0 Å². The molecule has 24 heavy (non-hydrogen) atoms. The van der Waals surface area contributed by atoms with Gasteiger partial charge in [0.1, 0.15) is 5.03 Å². The van der Waals surface area contributed by atoms with Crippen molar-refractivity contribution in [2.24, 2.45) is 0 Å². The number of hydrogen-bond acceptors (Lipinski definition) is 5. The topological polar surface area (TPSA) is 75.1 Å². The van der Waals surface area contributed by atoms with Gasteiger partial charge in [0, 0.05) is 11.1 Å². The summed E-state index contributed by atoms with van der Waals surface area (Å²) in [7, 11) is 0. The molecule has 0 fully saturated rings. The molecule has 0 atom stereocenters. The minimum absolute atomic E-state index is 0.0377. The molecule has 1 aromatic heterocycles. The number of aryl methyl sites for hydroxylation is 2. The predicted molar refractivity (Wildman–Crippen MR) is 97.1 cm³/mol. The van der Waals surface area contributed by atoms with Crippen LogP contribution in [-0.4, -0.2) is 26.8 Å². The highest BCUT2D eigenvalue weighted by Crippen LogP contribution is 2.28. The maximum atomic E-state index is 10.9. The van der Waals surface area contributed by atoms with E-state index in [9.17, 15) is 4.79 Å². The molecular weight excluding hydrogens is 322 g/mol. The molecule has 2 aromatic carbocycles. The molecule has 0 aliphatic carbocycles. The number of aromatic nitrogens is 2. The Balaban J connectivity index is 1.99. The van der Waals surface area contributed by atoms with E-state index in [2.05, 4.69) is 21.4 Å². The van der Waals surface area contributed by atoms with E-state index in [-0.39, 0.29) is 5.75 Å². The van der Waals surface area contributed by atoms with Crippen molar-refractivity contribution in [3.8, 4) is 0 Å². The fourth-order valence-corrected chi connectivity index (χ4v) is 3.16. The Morgan fingerprint density at radius 2 is 1.96 bits per heavy atom. The van der Waals surface area contributed by atoms with Crippen LogP contribution < -0.4 is 5.32 Å². The average molecular weight is 339 g/mol. The van der Waals surface area contributed by atoms with Gasteiger partial charge in [0.2, 0.25) is 5.95 Å². The van der Waals surface area contributed by atoms with Crippen molar-refractivity contribution in [2.45, 2.75) is 18.9 Å². The fraction of sp³-hybridized carbons (Fsp3) is 0.167. The Kier molecular flexibility index (Phi) is 4.66. The van der Waals surface area contributed by atoms with E-state index in [1.165, 1.54) is 17.3 Å². The molecule has 0 aliphatic rings. The van der Waals surface area contributed by atoms with Gasteiger partial charge in [0.05, 0.1) is 11.3 Å². The molecule has 2 N–H and O–H groups in total. The van der Waals surface area contributed by atoms with Crippen molar-refractivity contribution in [2.75, 3.05) is 11.1 Å². The maximum absolute atomic E-state index is 10.9. The van der Waals surface area contributed by atoms with E-state index >= 15 is 0 Å². The zero-order valence-corrected chi connectivity index (χ0v) is 14.2. The quantitative estimate of drug-likeness (QED) is 0.537. The van der Waals surface area contributed by atoms with Crippen LogP contribution in [-0.2, 0) is 4.79 Å². The van der Waals surface area contributed by atoms with Gasteiger partial charge in [-0.25, -0.2) is 9.97 Å². The lowest BCUT2D eigenvalue weighted by atomic mass is 10.1. The second kappa shape index (κ2) is 6.88. The average Bonchev–Trinajstić information content (AvgIpc) is 2.55. The number of hydrogen-bond donors (Lipinski definition) is 2. The van der Waals surface area contributed by atoms with Crippen LogP contribution in [0.1, 0.15) is 11.1 Å². The normalized spacial score (nSPS) is 10.8. The zero-order chi connectivity index (χ0) is 17.1. The number of nitrogens with one attached hydrogen (secondary N) is 1. The summed E-state index contributed by atoms with van der Waals surface area (Å²) in [4.78, 5) is 19.9. The summed E-state index contributed by atoms with van der Waals surface area (Å²) in [5, 5.41) is 13.7. The summed E-state index contributed by atoms with van der Waals surface area (Å²) in [6, 6.07) is 13.7. The first-order valence-electron chi connectivity index (χ1n) is 7.48. The van der Waals surface area contributed by atoms with Crippen LogP contribution in [0.5, 0.6) is 0 Å². The number of carboxylic acid groups (broad SMARTS) is 1. The predicted octanol–water partition coefficient (Wildman–Crippen LogP) is 4.17. The number of carboxylic acids is 1. The number of aliphatic carboxylic acids is 1. The molecule has 3 rings (SSSR count). The van der Waals surface area contributed by atoms with E-state index in [1.807, 2.05) is 50.2 Å². The molecule has 0 unspecified atom stereocenters. The van der Waals surface area contributed by atoms with E-state index in [0.29, 0.717) is 11.0 Å². The second-order valence-electron chi connectivity index (χ2n) is 5.50. The van der Waals surface area contributed by atoms with Gasteiger partial charge in [-0.05, 0) is 31.5 Å². The van der Waals surface area contributed by atoms with Gasteiger partial charge >= 0.3 is 5.97 Å². The number of thioether (sulfide) groups is 1. The van der Waals surface area contributed by atoms with Crippen LogP contribution in [0.4, 0.5) is 11.6 Å². The molecule has 0 radical (unpaired) electrons. The summed E-state index contributed by atoms with van der Waals surface area (Å²) in [6.07, 6.45) is 0. The van der Waals surface area contributed by atoms with Crippen LogP contribution in [0, 0.1) is 13.8 Å². The minimum Gasteiger partial charge on any atom is -0.481 e. The third-order valence-corrected chi connectivity index (χ3v) is 4.50. The first-order chi connectivity index (χ1) is 11.5. The third-order valence-electron chi connectivity index (χ3n) is 3.53. The van der Waals surface area contributed by atoms with Crippen LogP contribution in [0.15, 0.2) is 47.5 Å². The van der Waals surface area contributed by atoms with Gasteiger partial charge in [-0.2, -0.15) is 0 Å². The number of nitrogens with zero attached hydrogens (tertiary/aromatic N) is 2. The molecule has 0 saturated carbocycles. The first-order valence-corrected chi connectivity index (χ1v) is 8.47. The minimum atomic E-state index is -0.869. The zero-order valence-electron chi connectivity index (χ0n) is 13.4. The molecule has 122 valence electrons. The summed E-state index contributed by atoms with van der Waals surface area (Å²) in [5.41, 5.74) is 4.01. The highest BCUT2D eigenvalue weighted by Gasteiger charge is 2.11. The number of para-hydroxylation sites is 1. The van der Waals surface area contributed by atoms with Gasteiger partial charge in [-0.1, -0.05) is 47.7 Å². The second-order valence-corrected chi connectivity index (χ2v) is 6.46. The molecule has 3 aromatic rings. The van der Waals surface area contributed by atoms with Crippen molar-refractivity contribution < 1.29 is 9.90 Å². The highest BCUT2D eigenvalue weighted by atomic mass is 32.2. The van der Waals surface area contributed by atoms with Gasteiger partial charge in [-0.3, -0.25) is 4.79 Å². The summed E-state index contributed by atoms with van der Waals surface area (Å²) in [6.45, 7) is 4.07. The molecule has 0 aliphatic heterocycles. The summed E-state index contributed by atoms with van der Waals surface area (Å²) >= 11 is 1.20. The van der Waals surface area contributed by atoms with E-state index in [0.717, 1.165) is 22.2 Å². The lowest BCUT2D eigenvalue weighted by Crippen LogP contribution is -2.03. The van der Waals surface area contributed by atoms with Crippen molar-refractivity contribution >= 4 is 40.3 Å². The Labute approximate surface area is 144 Å². The Bertz CT molecular complexity index is 912. The number of fused-ring (bicyclic) bond motifs is 1.